The van der Waals surface area contributed by atoms with Crippen molar-refractivity contribution in [2.45, 2.75) is 0 Å². The first-order valence-corrected chi connectivity index (χ1v) is 5.00. The Morgan fingerprint density at radius 2 is 2.27 bits per heavy atom. The number of carbonyl (C=O) groups excluding carboxylic acids is 1. The Kier molecular flexibility index (Phi) is 3.74. The minimum atomic E-state index is -0.344. The van der Waals surface area contributed by atoms with Crippen molar-refractivity contribution in [1.29, 1.82) is 0 Å². The molecule has 0 bridgehead atoms. The van der Waals surface area contributed by atoms with Crippen LogP contribution in [0.15, 0.2) is 29.3 Å². The van der Waals surface area contributed by atoms with Gasteiger partial charge in [-0.3, -0.25) is 4.79 Å². The fourth-order valence-corrected chi connectivity index (χ4v) is 1.15. The summed E-state index contributed by atoms with van der Waals surface area (Å²) in [5.41, 5.74) is 6.17. The SMILES string of the molecule is C=C(Br)CNC(=O)c1cc(O)ccc1N. The van der Waals surface area contributed by atoms with Crippen LogP contribution in [0.25, 0.3) is 0 Å². The van der Waals surface area contributed by atoms with Gasteiger partial charge in [-0.15, -0.1) is 0 Å². The highest BCUT2D eigenvalue weighted by Crippen LogP contribution is 2.18. The maximum absolute atomic E-state index is 11.6. The molecule has 0 atom stereocenters. The van der Waals surface area contributed by atoms with E-state index in [0.717, 1.165) is 0 Å². The number of phenols is 1. The Morgan fingerprint density at radius 1 is 1.60 bits per heavy atom. The van der Waals surface area contributed by atoms with E-state index in [0.29, 0.717) is 16.7 Å². The van der Waals surface area contributed by atoms with Gasteiger partial charge in [-0.1, -0.05) is 22.5 Å². The molecule has 15 heavy (non-hydrogen) atoms. The van der Waals surface area contributed by atoms with E-state index in [4.69, 9.17) is 5.73 Å². The second kappa shape index (κ2) is 4.84. The Morgan fingerprint density at radius 3 is 2.87 bits per heavy atom. The quantitative estimate of drug-likeness (QED) is 0.577. The number of nitrogens with two attached hydrogens (primary N) is 1. The molecule has 5 heteroatoms. The third kappa shape index (κ3) is 3.28. The highest BCUT2D eigenvalue weighted by atomic mass is 79.9. The molecule has 0 aromatic heterocycles. The van der Waals surface area contributed by atoms with E-state index in [-0.39, 0.29) is 17.2 Å². The molecule has 0 aliphatic carbocycles. The number of nitrogen functional groups attached to an aromatic ring is 1. The van der Waals surface area contributed by atoms with Crippen LogP contribution in [-0.2, 0) is 0 Å². The van der Waals surface area contributed by atoms with Gasteiger partial charge in [0.15, 0.2) is 0 Å². The molecule has 1 aromatic rings. The molecule has 1 amide bonds. The summed E-state index contributed by atoms with van der Waals surface area (Å²) in [6.45, 7) is 3.90. The van der Waals surface area contributed by atoms with Crippen LogP contribution in [0.5, 0.6) is 5.75 Å². The fourth-order valence-electron chi connectivity index (χ4n) is 1.01. The number of carbonyl (C=O) groups is 1. The molecule has 0 aliphatic heterocycles. The zero-order chi connectivity index (χ0) is 11.4. The summed E-state index contributed by atoms with van der Waals surface area (Å²) in [5.74, 6) is -0.337. The van der Waals surface area contributed by atoms with Crippen LogP contribution >= 0.6 is 15.9 Å². The second-order valence-corrected chi connectivity index (χ2v) is 4.09. The number of aromatic hydroxyl groups is 1. The van der Waals surface area contributed by atoms with Gasteiger partial charge in [0.2, 0.25) is 0 Å². The number of hydrogen-bond acceptors (Lipinski definition) is 3. The molecule has 0 spiro atoms. The number of nitrogens with one attached hydrogen (secondary N) is 1. The zero-order valence-electron chi connectivity index (χ0n) is 7.96. The lowest BCUT2D eigenvalue weighted by atomic mass is 10.1. The standard InChI is InChI=1S/C10H11BrN2O2/c1-6(11)5-13-10(15)8-4-7(14)2-3-9(8)12/h2-4,14H,1,5,12H2,(H,13,15). The van der Waals surface area contributed by atoms with Gasteiger partial charge in [-0.2, -0.15) is 0 Å². The van der Waals surface area contributed by atoms with Gasteiger partial charge in [-0.25, -0.2) is 0 Å². The van der Waals surface area contributed by atoms with Crippen molar-refractivity contribution in [2.75, 3.05) is 12.3 Å². The van der Waals surface area contributed by atoms with Crippen molar-refractivity contribution >= 4 is 27.5 Å². The van der Waals surface area contributed by atoms with Crippen molar-refractivity contribution in [1.82, 2.24) is 5.32 Å². The van der Waals surface area contributed by atoms with Crippen molar-refractivity contribution in [3.8, 4) is 5.75 Å². The number of rotatable bonds is 3. The third-order valence-electron chi connectivity index (χ3n) is 1.72. The molecule has 0 saturated carbocycles. The average molecular weight is 271 g/mol. The summed E-state index contributed by atoms with van der Waals surface area (Å²) in [6.07, 6.45) is 0. The van der Waals surface area contributed by atoms with Crippen LogP contribution < -0.4 is 11.1 Å². The molecule has 1 aromatic carbocycles. The monoisotopic (exact) mass is 270 g/mol. The molecule has 0 aliphatic rings. The lowest BCUT2D eigenvalue weighted by molar-refractivity contribution is 0.0958. The largest absolute Gasteiger partial charge is 0.508 e. The maximum atomic E-state index is 11.6. The number of halogens is 1. The van der Waals surface area contributed by atoms with Gasteiger partial charge in [0.05, 0.1) is 5.56 Å². The summed E-state index contributed by atoms with van der Waals surface area (Å²) in [6, 6.07) is 4.23. The highest BCUT2D eigenvalue weighted by Gasteiger charge is 2.09. The number of benzene rings is 1. The van der Waals surface area contributed by atoms with Crippen molar-refractivity contribution in [3.63, 3.8) is 0 Å². The molecule has 80 valence electrons. The van der Waals surface area contributed by atoms with Gasteiger partial charge >= 0.3 is 0 Å². The molecular formula is C10H11BrN2O2. The highest BCUT2D eigenvalue weighted by molar-refractivity contribution is 9.11. The first-order valence-electron chi connectivity index (χ1n) is 4.20. The van der Waals surface area contributed by atoms with E-state index in [2.05, 4.69) is 27.8 Å². The number of phenolic OH excluding ortho intramolecular Hbond substituents is 1. The molecule has 4 N–H and O–H groups in total. The van der Waals surface area contributed by atoms with E-state index in [1.54, 1.807) is 0 Å². The van der Waals surface area contributed by atoms with Gasteiger partial charge < -0.3 is 16.2 Å². The Labute approximate surface area is 95.9 Å². The molecule has 0 saturated heterocycles. The fraction of sp³-hybridized carbons (Fsp3) is 0.100. The molecule has 1 rings (SSSR count). The Hall–Kier alpha value is -1.49. The van der Waals surface area contributed by atoms with Crippen LogP contribution in [0.3, 0.4) is 0 Å². The summed E-state index contributed by atoms with van der Waals surface area (Å²) < 4.78 is 0.662. The van der Waals surface area contributed by atoms with E-state index in [1.165, 1.54) is 18.2 Å². The molecule has 0 fully saturated rings. The summed E-state index contributed by atoms with van der Waals surface area (Å²) >= 11 is 3.12. The van der Waals surface area contributed by atoms with E-state index >= 15 is 0 Å². The normalized spacial score (nSPS) is 9.67. The molecule has 0 radical (unpaired) electrons. The molecule has 0 heterocycles. The van der Waals surface area contributed by atoms with Crippen LogP contribution in [0.2, 0.25) is 0 Å². The number of hydrogen-bond donors (Lipinski definition) is 3. The van der Waals surface area contributed by atoms with Crippen LogP contribution in [0, 0.1) is 0 Å². The molecule has 4 nitrogen and oxygen atoms in total. The predicted octanol–water partition coefficient (Wildman–Crippen LogP) is 1.61. The third-order valence-corrected chi connectivity index (χ3v) is 2.00. The number of anilines is 1. The predicted molar refractivity (Wildman–Crippen MR) is 62.9 cm³/mol. The summed E-state index contributed by atoms with van der Waals surface area (Å²) in [5, 5.41) is 11.8. The molecule has 0 unspecified atom stereocenters. The van der Waals surface area contributed by atoms with Gasteiger partial charge in [0, 0.05) is 16.7 Å². The molecular weight excluding hydrogens is 260 g/mol. The van der Waals surface area contributed by atoms with Crippen LogP contribution in [0.4, 0.5) is 5.69 Å². The van der Waals surface area contributed by atoms with Gasteiger partial charge in [-0.05, 0) is 18.2 Å². The summed E-state index contributed by atoms with van der Waals surface area (Å²) in [4.78, 5) is 11.6. The Balaban J connectivity index is 2.81. The smallest absolute Gasteiger partial charge is 0.253 e. The lowest BCUT2D eigenvalue weighted by Gasteiger charge is -2.06. The van der Waals surface area contributed by atoms with E-state index < -0.39 is 0 Å². The minimum Gasteiger partial charge on any atom is -0.508 e. The Bertz CT molecular complexity index is 404. The van der Waals surface area contributed by atoms with Gasteiger partial charge in [0.1, 0.15) is 5.75 Å². The second-order valence-electron chi connectivity index (χ2n) is 2.97. The van der Waals surface area contributed by atoms with Crippen molar-refractivity contribution in [3.05, 3.63) is 34.8 Å². The van der Waals surface area contributed by atoms with Crippen molar-refractivity contribution in [2.24, 2.45) is 0 Å². The lowest BCUT2D eigenvalue weighted by Crippen LogP contribution is -2.25. The topological polar surface area (TPSA) is 75.3 Å². The van der Waals surface area contributed by atoms with Crippen molar-refractivity contribution < 1.29 is 9.90 Å². The van der Waals surface area contributed by atoms with E-state index in [9.17, 15) is 9.90 Å². The van der Waals surface area contributed by atoms with Gasteiger partial charge in [0.25, 0.3) is 5.91 Å². The van der Waals surface area contributed by atoms with Crippen LogP contribution in [0.1, 0.15) is 10.4 Å². The first kappa shape index (κ1) is 11.6. The number of amides is 1. The van der Waals surface area contributed by atoms with Crippen LogP contribution in [-0.4, -0.2) is 17.6 Å². The summed E-state index contributed by atoms with van der Waals surface area (Å²) in [7, 11) is 0. The van der Waals surface area contributed by atoms with E-state index in [1.807, 2.05) is 0 Å². The maximum Gasteiger partial charge on any atom is 0.253 e. The zero-order valence-corrected chi connectivity index (χ0v) is 9.54. The minimum absolute atomic E-state index is 0.00650. The first-order chi connectivity index (χ1) is 7.00. The average Bonchev–Trinajstić information content (AvgIpc) is 2.18.